The summed E-state index contributed by atoms with van der Waals surface area (Å²) in [6.45, 7) is 0. The maximum Gasteiger partial charge on any atom is 0.275 e. The maximum atomic E-state index is 11.7. The number of pyridine rings is 1. The number of rotatable bonds is 2. The van der Waals surface area contributed by atoms with E-state index in [2.05, 4.69) is 36.4 Å². The molecule has 2 rings (SSSR count). The van der Waals surface area contributed by atoms with Crippen LogP contribution in [0.15, 0.2) is 41.1 Å². The van der Waals surface area contributed by atoms with E-state index >= 15 is 0 Å². The van der Waals surface area contributed by atoms with E-state index in [9.17, 15) is 4.79 Å². The van der Waals surface area contributed by atoms with Gasteiger partial charge in [-0.05, 0) is 40.2 Å². The Kier molecular flexibility index (Phi) is 3.21. The molecular formula is C10H7BrN4O. The van der Waals surface area contributed by atoms with Crippen molar-refractivity contribution in [1.82, 2.24) is 15.2 Å². The largest absolute Gasteiger partial charge is 0.304 e. The van der Waals surface area contributed by atoms with Gasteiger partial charge in [-0.3, -0.25) is 4.79 Å². The number of halogens is 1. The molecule has 80 valence electrons. The summed E-state index contributed by atoms with van der Waals surface area (Å²) in [5.74, 6) is 0.0882. The van der Waals surface area contributed by atoms with Gasteiger partial charge in [-0.2, -0.15) is 5.10 Å². The van der Waals surface area contributed by atoms with Crippen molar-refractivity contribution in [3.63, 3.8) is 0 Å². The Labute approximate surface area is 100 Å². The van der Waals surface area contributed by atoms with Gasteiger partial charge < -0.3 is 5.32 Å². The van der Waals surface area contributed by atoms with Gasteiger partial charge in [0.2, 0.25) is 0 Å². The number of amides is 1. The second-order valence-electron chi connectivity index (χ2n) is 2.92. The van der Waals surface area contributed by atoms with Crippen LogP contribution in [0.1, 0.15) is 10.5 Å². The quantitative estimate of drug-likeness (QED) is 0.911. The molecule has 0 saturated carbocycles. The molecule has 2 aromatic rings. The zero-order chi connectivity index (χ0) is 11.4. The van der Waals surface area contributed by atoms with Crippen molar-refractivity contribution in [2.45, 2.75) is 0 Å². The fraction of sp³-hybridized carbons (Fsp3) is 0. The molecule has 1 amide bonds. The lowest BCUT2D eigenvalue weighted by molar-refractivity contribution is 0.102. The van der Waals surface area contributed by atoms with E-state index in [0.29, 0.717) is 11.5 Å². The van der Waals surface area contributed by atoms with Gasteiger partial charge in [0.05, 0.1) is 0 Å². The molecule has 2 aromatic heterocycles. The van der Waals surface area contributed by atoms with Crippen molar-refractivity contribution >= 4 is 27.7 Å². The van der Waals surface area contributed by atoms with Crippen molar-refractivity contribution in [3.8, 4) is 0 Å². The van der Waals surface area contributed by atoms with Gasteiger partial charge in [-0.15, -0.1) is 5.10 Å². The van der Waals surface area contributed by atoms with Crippen LogP contribution in [0.2, 0.25) is 0 Å². The van der Waals surface area contributed by atoms with Crippen LogP contribution >= 0.6 is 15.9 Å². The Hall–Kier alpha value is -1.82. The predicted molar refractivity (Wildman–Crippen MR) is 61.9 cm³/mol. The van der Waals surface area contributed by atoms with E-state index in [0.717, 1.165) is 4.47 Å². The van der Waals surface area contributed by atoms with Crippen molar-refractivity contribution in [1.29, 1.82) is 0 Å². The summed E-state index contributed by atoms with van der Waals surface area (Å²) in [5, 5.41) is 9.98. The van der Waals surface area contributed by atoms with E-state index in [-0.39, 0.29) is 5.91 Å². The molecule has 0 saturated heterocycles. The first-order valence-electron chi connectivity index (χ1n) is 4.46. The highest BCUT2D eigenvalue weighted by molar-refractivity contribution is 9.10. The Morgan fingerprint density at radius 2 is 2.19 bits per heavy atom. The molecule has 0 spiro atoms. The summed E-state index contributed by atoms with van der Waals surface area (Å²) in [5.41, 5.74) is 0.328. The molecule has 16 heavy (non-hydrogen) atoms. The minimum absolute atomic E-state index is 0.312. The summed E-state index contributed by atoms with van der Waals surface area (Å²) in [4.78, 5) is 15.6. The van der Waals surface area contributed by atoms with Gasteiger partial charge in [0.15, 0.2) is 5.82 Å². The Morgan fingerprint density at radius 1 is 1.31 bits per heavy atom. The first kappa shape index (κ1) is 10.7. The van der Waals surface area contributed by atoms with Crippen LogP contribution in [0.5, 0.6) is 0 Å². The summed E-state index contributed by atoms with van der Waals surface area (Å²) in [6.07, 6.45) is 3.10. The minimum atomic E-state index is -0.312. The monoisotopic (exact) mass is 278 g/mol. The Morgan fingerprint density at radius 3 is 2.81 bits per heavy atom. The molecule has 1 N–H and O–H groups in total. The molecule has 0 aliphatic carbocycles. The smallest absolute Gasteiger partial charge is 0.275 e. The second kappa shape index (κ2) is 4.80. The number of hydrogen-bond donors (Lipinski definition) is 1. The molecule has 0 fully saturated rings. The zero-order valence-corrected chi connectivity index (χ0v) is 9.68. The molecule has 0 bridgehead atoms. The zero-order valence-electron chi connectivity index (χ0n) is 8.09. The molecule has 0 atom stereocenters. The van der Waals surface area contributed by atoms with Gasteiger partial charge >= 0.3 is 0 Å². The maximum absolute atomic E-state index is 11.7. The van der Waals surface area contributed by atoms with Crippen LogP contribution in [0, 0.1) is 0 Å². The number of carbonyl (C=O) groups excluding carboxylic acids is 1. The van der Waals surface area contributed by atoms with Crippen LogP contribution in [0.3, 0.4) is 0 Å². The third-order valence-electron chi connectivity index (χ3n) is 1.77. The lowest BCUT2D eigenvalue weighted by Gasteiger charge is -2.02. The topological polar surface area (TPSA) is 67.8 Å². The number of aromatic nitrogens is 3. The van der Waals surface area contributed by atoms with Crippen LogP contribution in [-0.2, 0) is 0 Å². The van der Waals surface area contributed by atoms with Gasteiger partial charge in [0.25, 0.3) is 5.91 Å². The molecule has 6 heteroatoms. The summed E-state index contributed by atoms with van der Waals surface area (Å²) < 4.78 is 0.823. The minimum Gasteiger partial charge on any atom is -0.304 e. The average Bonchev–Trinajstić information content (AvgIpc) is 2.31. The summed E-state index contributed by atoms with van der Waals surface area (Å²) in [7, 11) is 0. The number of anilines is 1. The predicted octanol–water partition coefficient (Wildman–Crippen LogP) is 1.89. The van der Waals surface area contributed by atoms with E-state index in [1.54, 1.807) is 30.5 Å². The third-order valence-corrected chi connectivity index (χ3v) is 2.24. The van der Waals surface area contributed by atoms with Gasteiger partial charge in [-0.25, -0.2) is 4.98 Å². The first-order valence-corrected chi connectivity index (χ1v) is 5.25. The lowest BCUT2D eigenvalue weighted by Crippen LogP contribution is -2.14. The van der Waals surface area contributed by atoms with Crippen molar-refractivity contribution in [2.75, 3.05) is 5.32 Å². The lowest BCUT2D eigenvalue weighted by atomic mass is 10.3. The van der Waals surface area contributed by atoms with E-state index in [1.165, 1.54) is 6.20 Å². The van der Waals surface area contributed by atoms with Crippen molar-refractivity contribution in [2.24, 2.45) is 0 Å². The van der Waals surface area contributed by atoms with E-state index in [4.69, 9.17) is 0 Å². The Balaban J connectivity index is 2.12. The number of carbonyl (C=O) groups is 1. The SMILES string of the molecule is O=C(Nc1cccnn1)c1ccc(Br)cn1. The molecular weight excluding hydrogens is 272 g/mol. The van der Waals surface area contributed by atoms with Crippen LogP contribution < -0.4 is 5.32 Å². The fourth-order valence-corrected chi connectivity index (χ4v) is 1.29. The molecule has 5 nitrogen and oxygen atoms in total. The second-order valence-corrected chi connectivity index (χ2v) is 3.84. The molecule has 0 radical (unpaired) electrons. The standard InChI is InChI=1S/C10H7BrN4O/c11-7-3-4-8(12-6-7)10(16)14-9-2-1-5-13-15-9/h1-6H,(H,14,15,16). The number of nitrogens with zero attached hydrogens (tertiary/aromatic N) is 3. The average molecular weight is 279 g/mol. The summed E-state index contributed by atoms with van der Waals surface area (Å²) in [6, 6.07) is 6.72. The molecule has 0 aromatic carbocycles. The molecule has 0 unspecified atom stereocenters. The van der Waals surface area contributed by atoms with Crippen molar-refractivity contribution < 1.29 is 4.79 Å². The van der Waals surface area contributed by atoms with Gasteiger partial charge in [0, 0.05) is 16.9 Å². The van der Waals surface area contributed by atoms with Gasteiger partial charge in [-0.1, -0.05) is 0 Å². The van der Waals surface area contributed by atoms with Crippen LogP contribution in [-0.4, -0.2) is 21.1 Å². The molecule has 0 aliphatic rings. The van der Waals surface area contributed by atoms with Crippen LogP contribution in [0.4, 0.5) is 5.82 Å². The van der Waals surface area contributed by atoms with Crippen LogP contribution in [0.25, 0.3) is 0 Å². The highest BCUT2D eigenvalue weighted by Gasteiger charge is 2.07. The van der Waals surface area contributed by atoms with Crippen molar-refractivity contribution in [3.05, 3.63) is 46.8 Å². The molecule has 0 aliphatic heterocycles. The highest BCUT2D eigenvalue weighted by atomic mass is 79.9. The fourth-order valence-electron chi connectivity index (χ4n) is 1.06. The normalized spacial score (nSPS) is 9.81. The molecule has 2 heterocycles. The first-order chi connectivity index (χ1) is 7.75. The van der Waals surface area contributed by atoms with Gasteiger partial charge in [0.1, 0.15) is 5.69 Å². The Bertz CT molecular complexity index is 486. The number of nitrogens with one attached hydrogen (secondary N) is 1. The van der Waals surface area contributed by atoms with E-state index < -0.39 is 0 Å². The van der Waals surface area contributed by atoms with E-state index in [1.807, 2.05) is 0 Å². The highest BCUT2D eigenvalue weighted by Crippen LogP contribution is 2.08. The number of hydrogen-bond acceptors (Lipinski definition) is 4. The summed E-state index contributed by atoms with van der Waals surface area (Å²) >= 11 is 3.24. The third kappa shape index (κ3) is 2.60.